The second-order valence-corrected chi connectivity index (χ2v) is 4.77. The molecule has 2 aromatic rings. The van der Waals surface area contributed by atoms with Crippen molar-refractivity contribution >= 4 is 6.29 Å². The number of rotatable bonds is 5. The van der Waals surface area contributed by atoms with Crippen LogP contribution in [0.5, 0.6) is 17.2 Å². The number of methoxy groups -OCH3 is 1. The summed E-state index contributed by atoms with van der Waals surface area (Å²) in [7, 11) is 1.60. The molecule has 0 saturated carbocycles. The van der Waals surface area contributed by atoms with E-state index in [1.807, 2.05) is 6.07 Å². The average molecular weight is 300 g/mol. The molecule has 3 rings (SSSR count). The highest BCUT2D eigenvalue weighted by Gasteiger charge is 2.23. The SMILES string of the molecule is COc1ccc(Oc2cccc(C=O)c2)c(C2OCCO2)c1. The summed E-state index contributed by atoms with van der Waals surface area (Å²) >= 11 is 0. The molecule has 5 heteroatoms. The van der Waals surface area contributed by atoms with Crippen LogP contribution in [0.25, 0.3) is 0 Å². The quantitative estimate of drug-likeness (QED) is 0.793. The first kappa shape index (κ1) is 14.6. The number of hydrogen-bond donors (Lipinski definition) is 0. The molecule has 1 aliphatic rings. The zero-order valence-electron chi connectivity index (χ0n) is 12.2. The van der Waals surface area contributed by atoms with Crippen LogP contribution in [0, 0.1) is 0 Å². The molecule has 0 bridgehead atoms. The van der Waals surface area contributed by atoms with E-state index >= 15 is 0 Å². The summed E-state index contributed by atoms with van der Waals surface area (Å²) in [5.41, 5.74) is 1.31. The van der Waals surface area contributed by atoms with Crippen LogP contribution in [0.1, 0.15) is 22.2 Å². The van der Waals surface area contributed by atoms with Gasteiger partial charge in [-0.2, -0.15) is 0 Å². The zero-order chi connectivity index (χ0) is 15.4. The molecule has 0 radical (unpaired) electrons. The number of carbonyl (C=O) groups is 1. The minimum absolute atomic E-state index is 0.473. The van der Waals surface area contributed by atoms with E-state index in [0.717, 1.165) is 11.8 Å². The van der Waals surface area contributed by atoms with Gasteiger partial charge in [-0.15, -0.1) is 0 Å². The number of carbonyl (C=O) groups excluding carboxylic acids is 1. The predicted molar refractivity (Wildman–Crippen MR) is 79.5 cm³/mol. The molecule has 0 N–H and O–H groups in total. The molecule has 114 valence electrons. The summed E-state index contributed by atoms with van der Waals surface area (Å²) < 4.78 is 22.2. The van der Waals surface area contributed by atoms with E-state index in [1.54, 1.807) is 43.5 Å². The van der Waals surface area contributed by atoms with Crippen molar-refractivity contribution in [3.63, 3.8) is 0 Å². The molecule has 1 aliphatic heterocycles. The van der Waals surface area contributed by atoms with Gasteiger partial charge in [0.2, 0.25) is 0 Å². The molecule has 5 nitrogen and oxygen atoms in total. The molecular formula is C17H16O5. The van der Waals surface area contributed by atoms with Crippen molar-refractivity contribution in [2.45, 2.75) is 6.29 Å². The lowest BCUT2D eigenvalue weighted by molar-refractivity contribution is -0.0453. The third-order valence-corrected chi connectivity index (χ3v) is 3.31. The maximum Gasteiger partial charge on any atom is 0.187 e. The third-order valence-electron chi connectivity index (χ3n) is 3.31. The third kappa shape index (κ3) is 3.10. The van der Waals surface area contributed by atoms with Crippen LogP contribution >= 0.6 is 0 Å². The van der Waals surface area contributed by atoms with Crippen molar-refractivity contribution in [1.29, 1.82) is 0 Å². The molecule has 1 saturated heterocycles. The van der Waals surface area contributed by atoms with Crippen LogP contribution in [0.3, 0.4) is 0 Å². The van der Waals surface area contributed by atoms with E-state index in [-0.39, 0.29) is 0 Å². The summed E-state index contributed by atoms with van der Waals surface area (Å²) in [5, 5.41) is 0. The number of hydrogen-bond acceptors (Lipinski definition) is 5. The maximum atomic E-state index is 10.9. The summed E-state index contributed by atoms with van der Waals surface area (Å²) in [6, 6.07) is 12.4. The number of aldehydes is 1. The molecule has 0 atom stereocenters. The molecule has 22 heavy (non-hydrogen) atoms. The fourth-order valence-electron chi connectivity index (χ4n) is 2.25. The second kappa shape index (κ2) is 6.60. The first-order chi connectivity index (χ1) is 10.8. The van der Waals surface area contributed by atoms with Gasteiger partial charge in [0.05, 0.1) is 25.9 Å². The second-order valence-electron chi connectivity index (χ2n) is 4.77. The summed E-state index contributed by atoms with van der Waals surface area (Å²) in [4.78, 5) is 10.9. The van der Waals surface area contributed by atoms with Crippen LogP contribution in [-0.4, -0.2) is 26.6 Å². The molecule has 1 heterocycles. The van der Waals surface area contributed by atoms with Gasteiger partial charge in [0, 0.05) is 5.56 Å². The number of ether oxygens (including phenoxy) is 4. The highest BCUT2D eigenvalue weighted by Crippen LogP contribution is 2.36. The molecule has 2 aromatic carbocycles. The fourth-order valence-corrected chi connectivity index (χ4v) is 2.25. The minimum atomic E-state index is -0.473. The van der Waals surface area contributed by atoms with Gasteiger partial charge in [-0.1, -0.05) is 12.1 Å². The first-order valence-corrected chi connectivity index (χ1v) is 6.94. The lowest BCUT2D eigenvalue weighted by atomic mass is 10.1. The Kier molecular flexibility index (Phi) is 4.37. The average Bonchev–Trinajstić information content (AvgIpc) is 3.10. The van der Waals surface area contributed by atoms with Gasteiger partial charge >= 0.3 is 0 Å². The van der Waals surface area contributed by atoms with E-state index in [2.05, 4.69) is 0 Å². The summed E-state index contributed by atoms with van der Waals surface area (Å²) in [6.45, 7) is 1.09. The Balaban J connectivity index is 1.92. The van der Waals surface area contributed by atoms with E-state index in [0.29, 0.717) is 36.0 Å². The van der Waals surface area contributed by atoms with Gasteiger partial charge in [0.15, 0.2) is 6.29 Å². The van der Waals surface area contributed by atoms with E-state index in [4.69, 9.17) is 18.9 Å². The minimum Gasteiger partial charge on any atom is -0.497 e. The maximum absolute atomic E-state index is 10.9. The topological polar surface area (TPSA) is 54.0 Å². The van der Waals surface area contributed by atoms with Gasteiger partial charge in [0.1, 0.15) is 23.5 Å². The Morgan fingerprint density at radius 2 is 1.91 bits per heavy atom. The van der Waals surface area contributed by atoms with Crippen molar-refractivity contribution in [2.75, 3.05) is 20.3 Å². The Morgan fingerprint density at radius 1 is 1.09 bits per heavy atom. The predicted octanol–water partition coefficient (Wildman–Crippen LogP) is 3.35. The Bertz CT molecular complexity index is 662. The van der Waals surface area contributed by atoms with Gasteiger partial charge in [-0.25, -0.2) is 0 Å². The fraction of sp³-hybridized carbons (Fsp3) is 0.235. The Hall–Kier alpha value is -2.37. The van der Waals surface area contributed by atoms with Gasteiger partial charge < -0.3 is 18.9 Å². The summed E-state index contributed by atoms with van der Waals surface area (Å²) in [5.74, 6) is 1.88. The first-order valence-electron chi connectivity index (χ1n) is 6.94. The normalized spacial score (nSPS) is 14.8. The molecule has 0 spiro atoms. The van der Waals surface area contributed by atoms with E-state index in [1.165, 1.54) is 0 Å². The van der Waals surface area contributed by atoms with Crippen molar-refractivity contribution in [2.24, 2.45) is 0 Å². The molecule has 0 aromatic heterocycles. The number of benzene rings is 2. The van der Waals surface area contributed by atoms with E-state index in [9.17, 15) is 4.79 Å². The Labute approximate surface area is 128 Å². The highest BCUT2D eigenvalue weighted by atomic mass is 16.7. The van der Waals surface area contributed by atoms with Crippen molar-refractivity contribution in [1.82, 2.24) is 0 Å². The van der Waals surface area contributed by atoms with E-state index < -0.39 is 6.29 Å². The van der Waals surface area contributed by atoms with Crippen LogP contribution in [-0.2, 0) is 9.47 Å². The van der Waals surface area contributed by atoms with Crippen molar-refractivity contribution < 1.29 is 23.7 Å². The monoisotopic (exact) mass is 300 g/mol. The smallest absolute Gasteiger partial charge is 0.187 e. The largest absolute Gasteiger partial charge is 0.497 e. The van der Waals surface area contributed by atoms with Crippen molar-refractivity contribution in [3.8, 4) is 17.2 Å². The zero-order valence-corrected chi connectivity index (χ0v) is 12.2. The molecular weight excluding hydrogens is 284 g/mol. The van der Waals surface area contributed by atoms with Crippen LogP contribution < -0.4 is 9.47 Å². The highest BCUT2D eigenvalue weighted by molar-refractivity contribution is 5.75. The molecule has 0 aliphatic carbocycles. The van der Waals surface area contributed by atoms with Gasteiger partial charge in [0.25, 0.3) is 0 Å². The van der Waals surface area contributed by atoms with Crippen LogP contribution in [0.2, 0.25) is 0 Å². The van der Waals surface area contributed by atoms with Gasteiger partial charge in [-0.05, 0) is 30.3 Å². The lowest BCUT2D eigenvalue weighted by Gasteiger charge is -2.16. The Morgan fingerprint density at radius 3 is 2.64 bits per heavy atom. The lowest BCUT2D eigenvalue weighted by Crippen LogP contribution is -2.02. The van der Waals surface area contributed by atoms with Crippen LogP contribution in [0.4, 0.5) is 0 Å². The molecule has 1 fully saturated rings. The molecule has 0 unspecified atom stereocenters. The van der Waals surface area contributed by atoms with Crippen molar-refractivity contribution in [3.05, 3.63) is 53.6 Å². The van der Waals surface area contributed by atoms with Gasteiger partial charge in [-0.3, -0.25) is 4.79 Å². The standard InChI is InChI=1S/C17H16O5/c1-19-13-5-6-16(15(10-13)17-20-7-8-21-17)22-14-4-2-3-12(9-14)11-18/h2-6,9-11,17H,7-8H2,1H3. The molecule has 0 amide bonds. The van der Waals surface area contributed by atoms with Crippen LogP contribution in [0.15, 0.2) is 42.5 Å². The summed E-state index contributed by atoms with van der Waals surface area (Å²) in [6.07, 6.45) is 0.310.